The maximum absolute atomic E-state index is 12.4. The Hall–Kier alpha value is -0.980. The molecule has 1 heterocycles. The molecular weight excluding hydrogens is 478 g/mol. The molecular formula is C16H31F3IN5O2. The summed E-state index contributed by atoms with van der Waals surface area (Å²) in [6.07, 6.45) is -4.07. The molecule has 1 amide bonds. The summed E-state index contributed by atoms with van der Waals surface area (Å²) in [7, 11) is 0. The highest BCUT2D eigenvalue weighted by Crippen LogP contribution is 2.19. The third-order valence-corrected chi connectivity index (χ3v) is 3.41. The number of hydrogen-bond donors (Lipinski definition) is 3. The Balaban J connectivity index is 0.00000676. The molecule has 160 valence electrons. The monoisotopic (exact) mass is 509 g/mol. The summed E-state index contributed by atoms with van der Waals surface area (Å²) in [5.41, 5.74) is -0.561. The van der Waals surface area contributed by atoms with Gasteiger partial charge in [-0.25, -0.2) is 4.79 Å². The molecule has 1 saturated heterocycles. The van der Waals surface area contributed by atoms with Gasteiger partial charge in [0.25, 0.3) is 0 Å². The Bertz CT molecular complexity index is 484. The first-order valence-corrected chi connectivity index (χ1v) is 8.79. The number of ether oxygens (including phenoxy) is 1. The van der Waals surface area contributed by atoms with Crippen molar-refractivity contribution in [2.45, 2.75) is 51.9 Å². The first-order chi connectivity index (χ1) is 12.0. The number of alkyl halides is 3. The first-order valence-electron chi connectivity index (χ1n) is 8.79. The highest BCUT2D eigenvalue weighted by atomic mass is 127. The number of carbonyl (C=O) groups is 1. The van der Waals surface area contributed by atoms with Gasteiger partial charge >= 0.3 is 12.3 Å². The summed E-state index contributed by atoms with van der Waals surface area (Å²) in [6.45, 7) is 8.33. The van der Waals surface area contributed by atoms with E-state index in [1.165, 1.54) is 4.90 Å². The van der Waals surface area contributed by atoms with Crippen molar-refractivity contribution in [3.05, 3.63) is 0 Å². The Morgan fingerprint density at radius 2 is 1.93 bits per heavy atom. The second kappa shape index (κ2) is 11.8. The maximum atomic E-state index is 12.4. The minimum Gasteiger partial charge on any atom is -0.444 e. The molecule has 0 radical (unpaired) electrons. The Morgan fingerprint density at radius 3 is 2.48 bits per heavy atom. The Labute approximate surface area is 175 Å². The SMILES string of the molecule is CCNC(=NCCNC(=O)OC(C)(C)C)NC1CCN(CC(F)(F)F)C1.I. The quantitative estimate of drug-likeness (QED) is 0.222. The normalized spacial score (nSPS) is 18.6. The predicted octanol–water partition coefficient (Wildman–Crippen LogP) is 2.32. The van der Waals surface area contributed by atoms with Crippen LogP contribution in [-0.4, -0.2) is 74.0 Å². The molecule has 0 saturated carbocycles. The lowest BCUT2D eigenvalue weighted by molar-refractivity contribution is -0.143. The van der Waals surface area contributed by atoms with E-state index < -0.39 is 24.4 Å². The standard InChI is InChI=1S/C16H30F3N5O2.HI/c1-5-20-13(21-7-8-22-14(25)26-15(2,3)4)23-12-6-9-24(10-12)11-16(17,18)19;/h12H,5-11H2,1-4H3,(H,22,25)(H2,20,21,23);1H. The molecule has 0 bridgehead atoms. The van der Waals surface area contributed by atoms with Gasteiger partial charge in [0.2, 0.25) is 0 Å². The predicted molar refractivity (Wildman–Crippen MR) is 110 cm³/mol. The number of nitrogens with zero attached hydrogens (tertiary/aromatic N) is 2. The minimum absolute atomic E-state index is 0. The molecule has 1 unspecified atom stereocenters. The maximum Gasteiger partial charge on any atom is 0.407 e. The third kappa shape index (κ3) is 12.9. The number of hydrogen-bond acceptors (Lipinski definition) is 4. The van der Waals surface area contributed by atoms with E-state index >= 15 is 0 Å². The van der Waals surface area contributed by atoms with Crippen LogP contribution >= 0.6 is 24.0 Å². The molecule has 3 N–H and O–H groups in total. The molecule has 1 rings (SSSR count). The number of amides is 1. The zero-order valence-corrected chi connectivity index (χ0v) is 18.6. The van der Waals surface area contributed by atoms with E-state index in [0.29, 0.717) is 45.1 Å². The second-order valence-electron chi connectivity index (χ2n) is 7.17. The average Bonchev–Trinajstić information content (AvgIpc) is 2.86. The lowest BCUT2D eigenvalue weighted by Gasteiger charge is -2.20. The summed E-state index contributed by atoms with van der Waals surface area (Å²) in [4.78, 5) is 17.3. The molecule has 11 heteroatoms. The van der Waals surface area contributed by atoms with Crippen molar-refractivity contribution in [1.82, 2.24) is 20.9 Å². The van der Waals surface area contributed by atoms with Gasteiger partial charge in [0.15, 0.2) is 5.96 Å². The van der Waals surface area contributed by atoms with E-state index in [4.69, 9.17) is 4.74 Å². The van der Waals surface area contributed by atoms with Gasteiger partial charge in [-0.05, 0) is 34.1 Å². The van der Waals surface area contributed by atoms with Crippen LogP contribution in [0.1, 0.15) is 34.1 Å². The molecule has 0 aromatic carbocycles. The molecule has 1 aliphatic rings. The number of aliphatic imine (C=N–C) groups is 1. The molecule has 0 aliphatic carbocycles. The third-order valence-electron chi connectivity index (χ3n) is 3.41. The van der Waals surface area contributed by atoms with Crippen molar-refractivity contribution in [2.24, 2.45) is 4.99 Å². The van der Waals surface area contributed by atoms with Crippen LogP contribution in [0.5, 0.6) is 0 Å². The summed E-state index contributed by atoms with van der Waals surface area (Å²) in [5.74, 6) is 0.525. The summed E-state index contributed by atoms with van der Waals surface area (Å²) >= 11 is 0. The number of guanidine groups is 1. The fourth-order valence-electron chi connectivity index (χ4n) is 2.50. The molecule has 27 heavy (non-hydrogen) atoms. The summed E-state index contributed by atoms with van der Waals surface area (Å²) in [5, 5.41) is 8.80. The fraction of sp³-hybridized carbons (Fsp3) is 0.875. The molecule has 7 nitrogen and oxygen atoms in total. The van der Waals surface area contributed by atoms with Crippen LogP contribution in [0.4, 0.5) is 18.0 Å². The summed E-state index contributed by atoms with van der Waals surface area (Å²) < 4.78 is 42.5. The van der Waals surface area contributed by atoms with Crippen molar-refractivity contribution in [2.75, 3.05) is 39.3 Å². The van der Waals surface area contributed by atoms with Gasteiger partial charge in [0.05, 0.1) is 13.1 Å². The van der Waals surface area contributed by atoms with Crippen molar-refractivity contribution in [3.63, 3.8) is 0 Å². The minimum atomic E-state index is -4.18. The molecule has 0 aromatic heterocycles. The van der Waals surface area contributed by atoms with Gasteiger partial charge in [-0.2, -0.15) is 13.2 Å². The smallest absolute Gasteiger partial charge is 0.407 e. The lowest BCUT2D eigenvalue weighted by atomic mass is 10.2. The van der Waals surface area contributed by atoms with E-state index in [0.717, 1.165) is 0 Å². The van der Waals surface area contributed by atoms with Gasteiger partial charge in [-0.1, -0.05) is 0 Å². The number of alkyl carbamates (subject to hydrolysis) is 1. The van der Waals surface area contributed by atoms with Gasteiger partial charge in [-0.15, -0.1) is 24.0 Å². The van der Waals surface area contributed by atoms with E-state index in [1.807, 2.05) is 6.92 Å². The molecule has 1 aliphatic heterocycles. The van der Waals surface area contributed by atoms with Crippen molar-refractivity contribution in [3.8, 4) is 0 Å². The number of nitrogens with one attached hydrogen (secondary N) is 3. The zero-order chi connectivity index (χ0) is 19.8. The number of rotatable bonds is 6. The second-order valence-corrected chi connectivity index (χ2v) is 7.17. The molecule has 1 fully saturated rings. The van der Waals surface area contributed by atoms with Crippen molar-refractivity contribution in [1.29, 1.82) is 0 Å². The summed E-state index contributed by atoms with van der Waals surface area (Å²) in [6, 6.07) is -0.0889. The van der Waals surface area contributed by atoms with Crippen LogP contribution in [0, 0.1) is 0 Å². The fourth-order valence-corrected chi connectivity index (χ4v) is 2.50. The van der Waals surface area contributed by atoms with Crippen molar-refractivity contribution < 1.29 is 22.7 Å². The van der Waals surface area contributed by atoms with Crippen LogP contribution in [0.2, 0.25) is 0 Å². The Morgan fingerprint density at radius 1 is 1.26 bits per heavy atom. The highest BCUT2D eigenvalue weighted by molar-refractivity contribution is 14.0. The number of halogens is 4. The van der Waals surface area contributed by atoms with E-state index in [2.05, 4.69) is 20.9 Å². The van der Waals surface area contributed by atoms with Gasteiger partial charge < -0.3 is 20.7 Å². The highest BCUT2D eigenvalue weighted by Gasteiger charge is 2.34. The van der Waals surface area contributed by atoms with Crippen molar-refractivity contribution >= 4 is 36.0 Å². The largest absolute Gasteiger partial charge is 0.444 e. The van der Waals surface area contributed by atoms with E-state index in [-0.39, 0.29) is 30.0 Å². The first kappa shape index (κ1) is 26.0. The van der Waals surface area contributed by atoms with Crippen LogP contribution in [0.25, 0.3) is 0 Å². The van der Waals surface area contributed by atoms with Crippen LogP contribution in [-0.2, 0) is 4.74 Å². The molecule has 1 atom stereocenters. The number of likely N-dealkylation sites (tertiary alicyclic amines) is 1. The van der Waals surface area contributed by atoms with Gasteiger partial charge in [0.1, 0.15) is 5.60 Å². The Kier molecular flexibility index (Phi) is 11.3. The number of carbonyl (C=O) groups excluding carboxylic acids is 1. The van der Waals surface area contributed by atoms with Gasteiger partial charge in [0, 0.05) is 32.2 Å². The van der Waals surface area contributed by atoms with Crippen LogP contribution in [0.3, 0.4) is 0 Å². The topological polar surface area (TPSA) is 78.0 Å². The van der Waals surface area contributed by atoms with Crippen LogP contribution in [0.15, 0.2) is 4.99 Å². The lowest BCUT2D eigenvalue weighted by Crippen LogP contribution is -2.45. The van der Waals surface area contributed by atoms with E-state index in [9.17, 15) is 18.0 Å². The van der Waals surface area contributed by atoms with Gasteiger partial charge in [-0.3, -0.25) is 9.89 Å². The van der Waals surface area contributed by atoms with Crippen LogP contribution < -0.4 is 16.0 Å². The van der Waals surface area contributed by atoms with E-state index in [1.54, 1.807) is 20.8 Å². The average molecular weight is 509 g/mol. The molecule has 0 spiro atoms. The molecule has 0 aromatic rings. The zero-order valence-electron chi connectivity index (χ0n) is 16.3.